The van der Waals surface area contributed by atoms with E-state index in [9.17, 15) is 22.8 Å². The van der Waals surface area contributed by atoms with Crippen LogP contribution in [0.5, 0.6) is 0 Å². The van der Waals surface area contributed by atoms with E-state index >= 15 is 0 Å². The first-order chi connectivity index (χ1) is 11.3. The molecule has 0 saturated heterocycles. The van der Waals surface area contributed by atoms with E-state index in [0.717, 1.165) is 17.0 Å². The zero-order chi connectivity index (χ0) is 17.5. The van der Waals surface area contributed by atoms with Crippen LogP contribution in [0.4, 0.5) is 29.5 Å². The first-order valence-electron chi connectivity index (χ1n) is 6.81. The lowest BCUT2D eigenvalue weighted by molar-refractivity contribution is -0.137. The summed E-state index contributed by atoms with van der Waals surface area (Å²) in [5.74, 6) is -0.341. The zero-order valence-electron chi connectivity index (χ0n) is 12.1. The Kier molecular flexibility index (Phi) is 3.63. The number of alkyl halides is 3. The highest BCUT2D eigenvalue weighted by Crippen LogP contribution is 2.34. The number of benzene rings is 1. The van der Waals surface area contributed by atoms with E-state index in [0.29, 0.717) is 0 Å². The highest BCUT2D eigenvalue weighted by Gasteiger charge is 2.31. The summed E-state index contributed by atoms with van der Waals surface area (Å²) >= 11 is 0. The molecule has 0 aliphatic carbocycles. The van der Waals surface area contributed by atoms with Gasteiger partial charge in [-0.05, 0) is 24.3 Å². The lowest BCUT2D eigenvalue weighted by atomic mass is 10.1. The SMILES string of the molecule is NC(=O)N1CC(=O)Nc2ccc(-c3cccc(C(F)(F)F)c3)nc21. The Bertz CT molecular complexity index is 836. The number of amides is 3. The van der Waals surface area contributed by atoms with Crippen molar-refractivity contribution in [2.75, 3.05) is 16.8 Å². The van der Waals surface area contributed by atoms with Crippen LogP contribution in [0.15, 0.2) is 36.4 Å². The van der Waals surface area contributed by atoms with Crippen LogP contribution in [0.3, 0.4) is 0 Å². The molecular formula is C15H11F3N4O2. The van der Waals surface area contributed by atoms with Gasteiger partial charge in [0.1, 0.15) is 6.54 Å². The van der Waals surface area contributed by atoms with Gasteiger partial charge >= 0.3 is 12.2 Å². The van der Waals surface area contributed by atoms with Gasteiger partial charge in [0.2, 0.25) is 5.91 Å². The van der Waals surface area contributed by atoms with E-state index in [1.54, 1.807) is 0 Å². The maximum absolute atomic E-state index is 12.8. The number of anilines is 2. The summed E-state index contributed by atoms with van der Waals surface area (Å²) in [4.78, 5) is 28.2. The molecule has 0 fully saturated rings. The van der Waals surface area contributed by atoms with Gasteiger partial charge in [-0.2, -0.15) is 13.2 Å². The summed E-state index contributed by atoms with van der Waals surface area (Å²) in [5.41, 5.74) is 5.15. The van der Waals surface area contributed by atoms with Gasteiger partial charge in [-0.25, -0.2) is 9.78 Å². The minimum absolute atomic E-state index is 0.0945. The molecule has 0 spiro atoms. The second-order valence-electron chi connectivity index (χ2n) is 5.12. The second-order valence-corrected chi connectivity index (χ2v) is 5.12. The molecule has 24 heavy (non-hydrogen) atoms. The van der Waals surface area contributed by atoms with E-state index in [-0.39, 0.29) is 29.3 Å². The number of nitrogens with one attached hydrogen (secondary N) is 1. The summed E-state index contributed by atoms with van der Waals surface area (Å²) < 4.78 is 38.5. The molecule has 3 amide bonds. The number of pyridine rings is 1. The Hall–Kier alpha value is -3.10. The topological polar surface area (TPSA) is 88.3 Å². The average molecular weight is 336 g/mol. The number of hydrogen-bond acceptors (Lipinski definition) is 3. The van der Waals surface area contributed by atoms with Crippen LogP contribution in [0, 0.1) is 0 Å². The summed E-state index contributed by atoms with van der Waals surface area (Å²) in [6.45, 7) is -0.304. The molecule has 1 aromatic carbocycles. The molecule has 3 rings (SSSR count). The second kappa shape index (κ2) is 5.52. The van der Waals surface area contributed by atoms with Gasteiger partial charge < -0.3 is 11.1 Å². The first kappa shape index (κ1) is 15.8. The largest absolute Gasteiger partial charge is 0.416 e. The van der Waals surface area contributed by atoms with Crippen molar-refractivity contribution < 1.29 is 22.8 Å². The van der Waals surface area contributed by atoms with Gasteiger partial charge in [-0.1, -0.05) is 12.1 Å². The number of aromatic nitrogens is 1. The van der Waals surface area contributed by atoms with Gasteiger partial charge in [0.05, 0.1) is 16.9 Å². The van der Waals surface area contributed by atoms with E-state index in [2.05, 4.69) is 10.3 Å². The van der Waals surface area contributed by atoms with Crippen LogP contribution >= 0.6 is 0 Å². The average Bonchev–Trinajstić information content (AvgIpc) is 2.53. The lowest BCUT2D eigenvalue weighted by Gasteiger charge is -2.26. The van der Waals surface area contributed by atoms with Gasteiger partial charge in [0.15, 0.2) is 5.82 Å². The fraction of sp³-hybridized carbons (Fsp3) is 0.133. The van der Waals surface area contributed by atoms with Crippen LogP contribution in [-0.4, -0.2) is 23.5 Å². The van der Waals surface area contributed by atoms with E-state index < -0.39 is 23.7 Å². The van der Waals surface area contributed by atoms with Gasteiger partial charge in [0.25, 0.3) is 0 Å². The van der Waals surface area contributed by atoms with Crippen molar-refractivity contribution in [3.63, 3.8) is 0 Å². The minimum atomic E-state index is -4.47. The number of rotatable bonds is 1. The van der Waals surface area contributed by atoms with Crippen molar-refractivity contribution in [1.29, 1.82) is 0 Å². The molecule has 2 heterocycles. The molecular weight excluding hydrogens is 325 g/mol. The quantitative estimate of drug-likeness (QED) is 0.839. The number of hydrogen-bond donors (Lipinski definition) is 2. The third-order valence-corrected chi connectivity index (χ3v) is 3.46. The van der Waals surface area contributed by atoms with Crippen molar-refractivity contribution in [2.24, 2.45) is 5.73 Å². The van der Waals surface area contributed by atoms with Crippen molar-refractivity contribution in [1.82, 2.24) is 4.98 Å². The van der Waals surface area contributed by atoms with E-state index in [4.69, 9.17) is 5.73 Å². The monoisotopic (exact) mass is 336 g/mol. The van der Waals surface area contributed by atoms with Crippen LogP contribution in [0.25, 0.3) is 11.3 Å². The Morgan fingerprint density at radius 1 is 1.25 bits per heavy atom. The molecule has 0 unspecified atom stereocenters. The summed E-state index contributed by atoms with van der Waals surface area (Å²) in [5, 5.41) is 2.53. The molecule has 2 aromatic rings. The maximum Gasteiger partial charge on any atom is 0.416 e. The molecule has 3 N–H and O–H groups in total. The number of carbonyl (C=O) groups is 2. The molecule has 1 aliphatic heterocycles. The van der Waals surface area contributed by atoms with Crippen molar-refractivity contribution in [3.05, 3.63) is 42.0 Å². The zero-order valence-corrected chi connectivity index (χ0v) is 12.1. The summed E-state index contributed by atoms with van der Waals surface area (Å²) in [6, 6.07) is 6.71. The van der Waals surface area contributed by atoms with Crippen molar-refractivity contribution in [2.45, 2.75) is 6.18 Å². The highest BCUT2D eigenvalue weighted by molar-refractivity contribution is 6.08. The smallest absolute Gasteiger partial charge is 0.351 e. The number of halogens is 3. The maximum atomic E-state index is 12.8. The van der Waals surface area contributed by atoms with Crippen LogP contribution in [-0.2, 0) is 11.0 Å². The standard InChI is InChI=1S/C15H11F3N4O2/c16-15(17,18)9-3-1-2-8(6-9)10-4-5-11-13(21-10)22(14(19)24)7-12(23)20-11/h1-6H,7H2,(H2,19,24)(H,20,23). The molecule has 0 atom stereocenters. The predicted octanol–water partition coefficient (Wildman–Crippen LogP) is 2.60. The van der Waals surface area contributed by atoms with Gasteiger partial charge in [-0.3, -0.25) is 9.69 Å². The van der Waals surface area contributed by atoms with Gasteiger partial charge in [-0.15, -0.1) is 0 Å². The molecule has 124 valence electrons. The Morgan fingerprint density at radius 3 is 2.67 bits per heavy atom. The van der Waals surface area contributed by atoms with Crippen molar-refractivity contribution >= 4 is 23.4 Å². The Morgan fingerprint density at radius 2 is 2.00 bits per heavy atom. The molecule has 0 radical (unpaired) electrons. The predicted molar refractivity (Wildman–Crippen MR) is 80.2 cm³/mol. The Balaban J connectivity index is 2.07. The fourth-order valence-corrected chi connectivity index (χ4v) is 2.36. The number of primary amides is 1. The van der Waals surface area contributed by atoms with E-state index in [1.165, 1.54) is 24.3 Å². The van der Waals surface area contributed by atoms with Crippen molar-refractivity contribution in [3.8, 4) is 11.3 Å². The Labute approximate surface area is 134 Å². The normalized spacial score (nSPS) is 14.1. The number of nitrogens with zero attached hydrogens (tertiary/aromatic N) is 2. The highest BCUT2D eigenvalue weighted by atomic mass is 19.4. The fourth-order valence-electron chi connectivity index (χ4n) is 2.36. The molecule has 0 saturated carbocycles. The number of nitrogens with two attached hydrogens (primary N) is 1. The summed E-state index contributed by atoms with van der Waals surface area (Å²) in [6.07, 6.45) is -4.47. The third kappa shape index (κ3) is 2.87. The first-order valence-corrected chi connectivity index (χ1v) is 6.81. The number of carbonyl (C=O) groups excluding carboxylic acids is 2. The molecule has 0 bridgehead atoms. The van der Waals surface area contributed by atoms with Crippen LogP contribution in [0.2, 0.25) is 0 Å². The molecule has 1 aromatic heterocycles. The van der Waals surface area contributed by atoms with Gasteiger partial charge in [0, 0.05) is 5.56 Å². The molecule has 1 aliphatic rings. The summed E-state index contributed by atoms with van der Waals surface area (Å²) in [7, 11) is 0. The number of fused-ring (bicyclic) bond motifs is 1. The lowest BCUT2D eigenvalue weighted by Crippen LogP contribution is -2.45. The van der Waals surface area contributed by atoms with Crippen LogP contribution in [0.1, 0.15) is 5.56 Å². The minimum Gasteiger partial charge on any atom is -0.351 e. The van der Waals surface area contributed by atoms with E-state index in [1.807, 2.05) is 0 Å². The molecule has 9 heteroatoms. The number of urea groups is 1. The third-order valence-electron chi connectivity index (χ3n) is 3.46. The van der Waals surface area contributed by atoms with Crippen LogP contribution < -0.4 is 16.0 Å². The molecule has 6 nitrogen and oxygen atoms in total.